The summed E-state index contributed by atoms with van der Waals surface area (Å²) in [7, 11) is 1.70. The van der Waals surface area contributed by atoms with E-state index in [9.17, 15) is 5.11 Å². The van der Waals surface area contributed by atoms with E-state index in [1.165, 1.54) is 5.56 Å². The normalized spacial score (nSPS) is 15.2. The number of aryl methyl sites for hydroxylation is 3. The molecule has 0 bridgehead atoms. The van der Waals surface area contributed by atoms with E-state index in [1.54, 1.807) is 13.3 Å². The highest BCUT2D eigenvalue weighted by Crippen LogP contribution is 2.39. The molecule has 0 saturated heterocycles. The predicted octanol–water partition coefficient (Wildman–Crippen LogP) is 4.15. The maximum atomic E-state index is 10.6. The summed E-state index contributed by atoms with van der Waals surface area (Å²) in [5.41, 5.74) is 4.83. The highest BCUT2D eigenvalue weighted by Gasteiger charge is 2.25. The highest BCUT2D eigenvalue weighted by molar-refractivity contribution is 5.77. The zero-order valence-corrected chi connectivity index (χ0v) is 17.0. The third-order valence-electron chi connectivity index (χ3n) is 5.27. The second kappa shape index (κ2) is 8.09. The Bertz CT molecular complexity index is 1020. The molecule has 0 saturated carbocycles. The van der Waals surface area contributed by atoms with Crippen molar-refractivity contribution in [2.45, 2.75) is 32.9 Å². The van der Waals surface area contributed by atoms with Gasteiger partial charge in [0.05, 0.1) is 24.7 Å². The van der Waals surface area contributed by atoms with Crippen molar-refractivity contribution >= 4 is 17.2 Å². The van der Waals surface area contributed by atoms with E-state index in [0.29, 0.717) is 6.42 Å². The molecule has 4 rings (SSSR count). The van der Waals surface area contributed by atoms with Crippen molar-refractivity contribution in [1.29, 1.82) is 0 Å². The van der Waals surface area contributed by atoms with Crippen LogP contribution in [0.1, 0.15) is 35.7 Å². The Kier molecular flexibility index (Phi) is 5.36. The molecule has 2 N–H and O–H groups in total. The molecular formula is C23H26N4O2. The Morgan fingerprint density at radius 2 is 2.00 bits per heavy atom. The van der Waals surface area contributed by atoms with Gasteiger partial charge in [0.15, 0.2) is 12.0 Å². The maximum absolute atomic E-state index is 10.6. The Morgan fingerprint density at radius 1 is 1.17 bits per heavy atom. The number of rotatable bonds is 5. The number of aliphatic hydroxyl groups is 1. The first-order chi connectivity index (χ1) is 14.1. The third-order valence-corrected chi connectivity index (χ3v) is 5.27. The molecule has 0 fully saturated rings. The van der Waals surface area contributed by atoms with Crippen LogP contribution in [-0.4, -0.2) is 28.7 Å². The minimum atomic E-state index is -0.798. The number of fused-ring (bicyclic) bond motifs is 2. The van der Waals surface area contributed by atoms with Crippen LogP contribution < -0.4 is 15.0 Å². The molecule has 0 radical (unpaired) electrons. The van der Waals surface area contributed by atoms with Crippen molar-refractivity contribution in [2.75, 3.05) is 23.9 Å². The van der Waals surface area contributed by atoms with Gasteiger partial charge >= 0.3 is 0 Å². The van der Waals surface area contributed by atoms with Gasteiger partial charge in [-0.25, -0.2) is 9.97 Å². The van der Waals surface area contributed by atoms with Gasteiger partial charge in [0.1, 0.15) is 11.6 Å². The van der Waals surface area contributed by atoms with E-state index in [1.807, 2.05) is 30.3 Å². The third kappa shape index (κ3) is 3.76. The topological polar surface area (TPSA) is 70.5 Å². The average molecular weight is 390 g/mol. The average Bonchev–Trinajstić information content (AvgIpc) is 2.86. The summed E-state index contributed by atoms with van der Waals surface area (Å²) in [6, 6.07) is 14.1. The van der Waals surface area contributed by atoms with E-state index in [4.69, 9.17) is 9.72 Å². The Morgan fingerprint density at radius 3 is 2.79 bits per heavy atom. The zero-order chi connectivity index (χ0) is 20.4. The first-order valence-electron chi connectivity index (χ1n) is 9.91. The summed E-state index contributed by atoms with van der Waals surface area (Å²) in [6.07, 6.45) is 2.46. The van der Waals surface area contributed by atoms with Crippen LogP contribution in [0.25, 0.3) is 0 Å². The van der Waals surface area contributed by atoms with Crippen LogP contribution >= 0.6 is 0 Å². The number of nitrogens with one attached hydrogen (secondary N) is 1. The first kappa shape index (κ1) is 19.2. The minimum Gasteiger partial charge on any atom is -0.496 e. The molecule has 2 aromatic carbocycles. The summed E-state index contributed by atoms with van der Waals surface area (Å²) in [6.45, 7) is 4.87. The lowest BCUT2D eigenvalue weighted by molar-refractivity contribution is 0.209. The van der Waals surface area contributed by atoms with Crippen molar-refractivity contribution in [2.24, 2.45) is 0 Å². The summed E-state index contributed by atoms with van der Waals surface area (Å²) in [4.78, 5) is 11.5. The van der Waals surface area contributed by atoms with Crippen LogP contribution in [-0.2, 0) is 12.8 Å². The minimum absolute atomic E-state index is 0.703. The number of nitrogens with zero attached hydrogens (tertiary/aromatic N) is 3. The first-order valence-corrected chi connectivity index (χ1v) is 9.91. The molecule has 0 amide bonds. The van der Waals surface area contributed by atoms with Crippen molar-refractivity contribution in [3.63, 3.8) is 0 Å². The van der Waals surface area contributed by atoms with Crippen molar-refractivity contribution in [3.8, 4) is 5.75 Å². The second-order valence-electron chi connectivity index (χ2n) is 7.19. The summed E-state index contributed by atoms with van der Waals surface area (Å²) in [5, 5.41) is 13.7. The monoisotopic (exact) mass is 390 g/mol. The number of methoxy groups -OCH3 is 1. The van der Waals surface area contributed by atoms with Gasteiger partial charge in [0.25, 0.3) is 0 Å². The van der Waals surface area contributed by atoms with Gasteiger partial charge in [-0.1, -0.05) is 30.3 Å². The fraction of sp³-hybridized carbons (Fsp3) is 0.304. The van der Waals surface area contributed by atoms with E-state index in [2.05, 4.69) is 41.2 Å². The summed E-state index contributed by atoms with van der Waals surface area (Å²) >= 11 is 0. The molecule has 3 aromatic rings. The maximum Gasteiger partial charge on any atom is 0.160 e. The Hall–Kier alpha value is -3.12. The Balaban J connectivity index is 1.64. The highest BCUT2D eigenvalue weighted by atomic mass is 16.5. The van der Waals surface area contributed by atoms with Gasteiger partial charge in [-0.3, -0.25) is 0 Å². The fourth-order valence-corrected chi connectivity index (χ4v) is 3.76. The standard InChI is InChI=1S/C23H26N4O2/c1-4-27-19-8-6-5-7-17(19)23(28)25-18-14-24-21(26-22(18)27)12-11-16-10-9-15(2)13-20(16)29-3/h5-10,13-14,23,25,28H,4,11-12H2,1-3H3. The number of para-hydroxylation sites is 1. The molecule has 1 atom stereocenters. The van der Waals surface area contributed by atoms with Gasteiger partial charge < -0.3 is 20.1 Å². The summed E-state index contributed by atoms with van der Waals surface area (Å²) < 4.78 is 5.52. The van der Waals surface area contributed by atoms with Crippen LogP contribution in [0.4, 0.5) is 17.2 Å². The predicted molar refractivity (Wildman–Crippen MR) is 115 cm³/mol. The van der Waals surface area contributed by atoms with Gasteiger partial charge in [-0.15, -0.1) is 0 Å². The van der Waals surface area contributed by atoms with Gasteiger partial charge in [-0.05, 0) is 43.5 Å². The van der Waals surface area contributed by atoms with Crippen LogP contribution in [0.3, 0.4) is 0 Å². The molecule has 150 valence electrons. The van der Waals surface area contributed by atoms with E-state index < -0.39 is 6.23 Å². The van der Waals surface area contributed by atoms with Crippen LogP contribution in [0.2, 0.25) is 0 Å². The molecule has 0 spiro atoms. The fourth-order valence-electron chi connectivity index (χ4n) is 3.76. The molecule has 0 aliphatic carbocycles. The van der Waals surface area contributed by atoms with E-state index >= 15 is 0 Å². The number of ether oxygens (including phenoxy) is 1. The smallest absolute Gasteiger partial charge is 0.160 e. The Labute approximate surface area is 171 Å². The van der Waals surface area contributed by atoms with E-state index in [0.717, 1.165) is 52.9 Å². The molecule has 6 heteroatoms. The van der Waals surface area contributed by atoms with Gasteiger partial charge in [0, 0.05) is 18.5 Å². The largest absolute Gasteiger partial charge is 0.496 e. The second-order valence-corrected chi connectivity index (χ2v) is 7.19. The van der Waals surface area contributed by atoms with Gasteiger partial charge in [-0.2, -0.15) is 0 Å². The van der Waals surface area contributed by atoms with E-state index in [-0.39, 0.29) is 0 Å². The van der Waals surface area contributed by atoms with Crippen molar-refractivity contribution in [3.05, 3.63) is 71.2 Å². The molecule has 1 aliphatic rings. The lowest BCUT2D eigenvalue weighted by Crippen LogP contribution is -2.19. The molecule has 1 aliphatic heterocycles. The zero-order valence-electron chi connectivity index (χ0n) is 17.0. The summed E-state index contributed by atoms with van der Waals surface area (Å²) in [5.74, 6) is 2.45. The molecular weight excluding hydrogens is 364 g/mol. The van der Waals surface area contributed by atoms with Crippen LogP contribution in [0, 0.1) is 6.92 Å². The molecule has 1 aromatic heterocycles. The number of hydrogen-bond donors (Lipinski definition) is 2. The van der Waals surface area contributed by atoms with Crippen LogP contribution in [0.15, 0.2) is 48.7 Å². The van der Waals surface area contributed by atoms with Crippen molar-refractivity contribution < 1.29 is 9.84 Å². The number of benzene rings is 2. The molecule has 6 nitrogen and oxygen atoms in total. The molecule has 29 heavy (non-hydrogen) atoms. The van der Waals surface area contributed by atoms with Gasteiger partial charge in [0.2, 0.25) is 0 Å². The lowest BCUT2D eigenvalue weighted by atomic mass is 10.1. The van der Waals surface area contributed by atoms with Crippen LogP contribution in [0.5, 0.6) is 5.75 Å². The number of aliphatic hydroxyl groups excluding tert-OH is 1. The molecule has 2 heterocycles. The number of aromatic nitrogens is 2. The van der Waals surface area contributed by atoms with Crippen molar-refractivity contribution in [1.82, 2.24) is 9.97 Å². The number of hydrogen-bond acceptors (Lipinski definition) is 6. The SMILES string of the molecule is CCN1c2ccccc2C(O)Nc2cnc(CCc3ccc(C)cc3OC)nc21. The lowest BCUT2D eigenvalue weighted by Gasteiger charge is -2.23. The number of anilines is 3. The molecule has 1 unspecified atom stereocenters. The quantitative estimate of drug-likeness (QED) is 0.682.